The van der Waals surface area contributed by atoms with Crippen LogP contribution in [0.3, 0.4) is 0 Å². The van der Waals surface area contributed by atoms with Gasteiger partial charge in [-0.05, 0) is 45.3 Å². The normalized spacial score (nSPS) is 26.6. The first-order valence-electron chi connectivity index (χ1n) is 8.35. The zero-order valence-electron chi connectivity index (χ0n) is 13.2. The summed E-state index contributed by atoms with van der Waals surface area (Å²) >= 11 is 0. The third-order valence-electron chi connectivity index (χ3n) is 5.25. The Morgan fingerprint density at radius 3 is 2.65 bits per heavy atom. The second-order valence-corrected chi connectivity index (χ2v) is 6.62. The summed E-state index contributed by atoms with van der Waals surface area (Å²) in [6, 6.07) is 0. The highest BCUT2D eigenvalue weighted by atomic mass is 16.1. The Labute approximate surface area is 123 Å². The predicted molar refractivity (Wildman–Crippen MR) is 82.7 cm³/mol. The average Bonchev–Trinajstić information content (AvgIpc) is 2.94. The maximum Gasteiger partial charge on any atom is 0.221 e. The topological polar surface area (TPSA) is 44.4 Å². The van der Waals surface area contributed by atoms with Crippen molar-refractivity contribution in [2.45, 2.75) is 57.4 Å². The Morgan fingerprint density at radius 1 is 1.30 bits per heavy atom. The Morgan fingerprint density at radius 2 is 2.05 bits per heavy atom. The molecular formula is C16H31N3O. The lowest BCUT2D eigenvalue weighted by atomic mass is 9.79. The number of nitrogens with one attached hydrogen (secondary N) is 2. The minimum absolute atomic E-state index is 0.0630. The van der Waals surface area contributed by atoms with E-state index in [1.54, 1.807) is 0 Å². The van der Waals surface area contributed by atoms with Crippen LogP contribution < -0.4 is 10.6 Å². The molecule has 4 heteroatoms. The van der Waals surface area contributed by atoms with E-state index in [-0.39, 0.29) is 11.4 Å². The molecule has 1 amide bonds. The van der Waals surface area contributed by atoms with Crippen molar-refractivity contribution in [1.29, 1.82) is 0 Å². The van der Waals surface area contributed by atoms with Crippen molar-refractivity contribution in [2.24, 2.45) is 5.92 Å². The van der Waals surface area contributed by atoms with E-state index >= 15 is 0 Å². The summed E-state index contributed by atoms with van der Waals surface area (Å²) in [5.41, 5.74) is 0.0630. The fraction of sp³-hybridized carbons (Fsp3) is 0.938. The summed E-state index contributed by atoms with van der Waals surface area (Å²) in [5, 5.41) is 6.59. The molecule has 2 rings (SSSR count). The summed E-state index contributed by atoms with van der Waals surface area (Å²) in [7, 11) is 2.01. The van der Waals surface area contributed by atoms with Crippen LogP contribution in [0.1, 0.15) is 51.9 Å². The van der Waals surface area contributed by atoms with E-state index in [1.807, 2.05) is 7.05 Å². The number of nitrogens with zero attached hydrogens (tertiary/aromatic N) is 1. The molecule has 1 saturated carbocycles. The first-order valence-corrected chi connectivity index (χ1v) is 8.35. The highest BCUT2D eigenvalue weighted by Gasteiger charge is 2.32. The largest absolute Gasteiger partial charge is 0.356 e. The van der Waals surface area contributed by atoms with Gasteiger partial charge in [-0.1, -0.05) is 26.2 Å². The van der Waals surface area contributed by atoms with Gasteiger partial charge in [0, 0.05) is 25.0 Å². The van der Waals surface area contributed by atoms with Crippen LogP contribution in [0, 0.1) is 5.92 Å². The molecule has 0 radical (unpaired) electrons. The molecular weight excluding hydrogens is 250 g/mol. The van der Waals surface area contributed by atoms with Crippen molar-refractivity contribution in [1.82, 2.24) is 15.5 Å². The summed E-state index contributed by atoms with van der Waals surface area (Å²) in [6.45, 7) is 6.54. The zero-order chi connectivity index (χ0) is 14.4. The summed E-state index contributed by atoms with van der Waals surface area (Å²) in [4.78, 5) is 14.7. The highest BCUT2D eigenvalue weighted by molar-refractivity contribution is 5.77. The molecule has 1 saturated heterocycles. The predicted octanol–water partition coefficient (Wildman–Crippen LogP) is 1.76. The number of carbonyl (C=O) groups is 1. The van der Waals surface area contributed by atoms with Crippen molar-refractivity contribution >= 4 is 5.91 Å². The lowest BCUT2D eigenvalue weighted by molar-refractivity contribution is -0.123. The number of likely N-dealkylation sites (tertiary alicyclic amines) is 1. The van der Waals surface area contributed by atoms with Crippen LogP contribution in [-0.2, 0) is 4.79 Å². The van der Waals surface area contributed by atoms with Gasteiger partial charge in [0.15, 0.2) is 0 Å². The fourth-order valence-electron chi connectivity index (χ4n) is 3.74. The van der Waals surface area contributed by atoms with E-state index in [9.17, 15) is 4.79 Å². The van der Waals surface area contributed by atoms with Crippen molar-refractivity contribution in [3.8, 4) is 0 Å². The summed E-state index contributed by atoms with van der Waals surface area (Å²) < 4.78 is 0. The van der Waals surface area contributed by atoms with Crippen molar-refractivity contribution in [3.63, 3.8) is 0 Å². The summed E-state index contributed by atoms with van der Waals surface area (Å²) in [6.07, 6.45) is 7.98. The molecule has 0 aromatic heterocycles. The summed E-state index contributed by atoms with van der Waals surface area (Å²) in [5.74, 6) is 0.881. The number of hydrogen-bond acceptors (Lipinski definition) is 3. The number of hydrogen-bond donors (Lipinski definition) is 2. The lowest BCUT2D eigenvalue weighted by Crippen LogP contribution is -2.48. The highest BCUT2D eigenvalue weighted by Crippen LogP contribution is 2.30. The molecule has 2 fully saturated rings. The molecule has 2 aliphatic rings. The minimum Gasteiger partial charge on any atom is -0.356 e. The van der Waals surface area contributed by atoms with Crippen molar-refractivity contribution in [3.05, 3.63) is 0 Å². The molecule has 1 heterocycles. The van der Waals surface area contributed by atoms with Gasteiger partial charge in [0.25, 0.3) is 0 Å². The monoisotopic (exact) mass is 281 g/mol. The van der Waals surface area contributed by atoms with Crippen LogP contribution >= 0.6 is 0 Å². The van der Waals surface area contributed by atoms with E-state index in [0.29, 0.717) is 12.3 Å². The van der Waals surface area contributed by atoms with Gasteiger partial charge in [0.2, 0.25) is 5.91 Å². The molecule has 20 heavy (non-hydrogen) atoms. The Kier molecular flexibility index (Phi) is 5.85. The van der Waals surface area contributed by atoms with E-state index in [0.717, 1.165) is 32.5 Å². The fourth-order valence-corrected chi connectivity index (χ4v) is 3.74. The zero-order valence-corrected chi connectivity index (χ0v) is 13.2. The standard InChI is InChI=1S/C16H31N3O/c1-3-19-10-7-14(13-19)12-18-15(20)11-16(17-2)8-5-4-6-9-16/h14,17H,3-13H2,1-2H3,(H,18,20). The van der Waals surface area contributed by atoms with Gasteiger partial charge in [-0.25, -0.2) is 0 Å². The van der Waals surface area contributed by atoms with Gasteiger partial charge in [-0.2, -0.15) is 0 Å². The molecule has 0 bridgehead atoms. The molecule has 1 atom stereocenters. The second-order valence-electron chi connectivity index (χ2n) is 6.62. The third-order valence-corrected chi connectivity index (χ3v) is 5.25. The van der Waals surface area contributed by atoms with Crippen LogP contribution in [0.15, 0.2) is 0 Å². The quantitative estimate of drug-likeness (QED) is 0.780. The van der Waals surface area contributed by atoms with Crippen molar-refractivity contribution < 1.29 is 4.79 Å². The first-order chi connectivity index (χ1) is 9.67. The number of amides is 1. The molecule has 2 N–H and O–H groups in total. The molecule has 1 unspecified atom stereocenters. The molecule has 0 aromatic rings. The number of carbonyl (C=O) groups excluding carboxylic acids is 1. The Balaban J connectivity index is 1.72. The maximum atomic E-state index is 12.2. The Bertz CT molecular complexity index is 313. The van der Waals surface area contributed by atoms with Gasteiger partial charge in [-0.3, -0.25) is 4.79 Å². The van der Waals surface area contributed by atoms with E-state index in [4.69, 9.17) is 0 Å². The van der Waals surface area contributed by atoms with Gasteiger partial charge < -0.3 is 15.5 Å². The van der Waals surface area contributed by atoms with Crippen LogP contribution in [0.5, 0.6) is 0 Å². The average molecular weight is 281 g/mol. The van der Waals surface area contributed by atoms with Crippen LogP contribution in [-0.4, -0.2) is 49.6 Å². The van der Waals surface area contributed by atoms with Crippen LogP contribution in [0.2, 0.25) is 0 Å². The van der Waals surface area contributed by atoms with E-state index < -0.39 is 0 Å². The van der Waals surface area contributed by atoms with E-state index in [2.05, 4.69) is 22.5 Å². The first kappa shape index (κ1) is 15.8. The third kappa shape index (κ3) is 4.19. The molecule has 0 aromatic carbocycles. The van der Waals surface area contributed by atoms with Gasteiger partial charge in [0.05, 0.1) is 0 Å². The van der Waals surface area contributed by atoms with E-state index in [1.165, 1.54) is 32.2 Å². The number of rotatable bonds is 6. The smallest absolute Gasteiger partial charge is 0.221 e. The molecule has 0 spiro atoms. The van der Waals surface area contributed by atoms with Crippen molar-refractivity contribution in [2.75, 3.05) is 33.2 Å². The maximum absolute atomic E-state index is 12.2. The molecule has 1 aliphatic heterocycles. The van der Waals surface area contributed by atoms with Crippen LogP contribution in [0.4, 0.5) is 0 Å². The Hall–Kier alpha value is -0.610. The van der Waals surface area contributed by atoms with Gasteiger partial charge in [0.1, 0.15) is 0 Å². The lowest BCUT2D eigenvalue weighted by Gasteiger charge is -2.36. The van der Waals surface area contributed by atoms with Crippen LogP contribution in [0.25, 0.3) is 0 Å². The second kappa shape index (κ2) is 7.41. The SMILES string of the molecule is CCN1CCC(CNC(=O)CC2(NC)CCCCC2)C1. The van der Waals surface area contributed by atoms with Gasteiger partial charge >= 0.3 is 0 Å². The molecule has 1 aliphatic carbocycles. The molecule has 4 nitrogen and oxygen atoms in total. The van der Waals surface area contributed by atoms with Gasteiger partial charge in [-0.15, -0.1) is 0 Å². The minimum atomic E-state index is 0.0630. The molecule has 116 valence electrons.